The molecule has 1 aromatic heterocycles. The highest BCUT2D eigenvalue weighted by Gasteiger charge is 2.15. The third-order valence-corrected chi connectivity index (χ3v) is 2.40. The van der Waals surface area contributed by atoms with Crippen molar-refractivity contribution >= 4 is 5.69 Å². The van der Waals surface area contributed by atoms with E-state index in [0.717, 1.165) is 12.1 Å². The van der Waals surface area contributed by atoms with Gasteiger partial charge in [-0.05, 0) is 19.0 Å². The van der Waals surface area contributed by atoms with Crippen LogP contribution in [0.2, 0.25) is 0 Å². The molecule has 0 aliphatic rings. The number of non-ortho nitro benzene ring substituents is 1. The molecule has 2 aromatic rings. The average molecular weight is 266 g/mol. The molecule has 0 spiro atoms. The van der Waals surface area contributed by atoms with Gasteiger partial charge in [-0.15, -0.1) is 10.2 Å². The fraction of sp³-hybridized carbons (Fsp3) is 0.273. The minimum atomic E-state index is -0.731. The maximum absolute atomic E-state index is 13.3. The van der Waals surface area contributed by atoms with Crippen LogP contribution in [0.3, 0.4) is 0 Å². The molecule has 8 heteroatoms. The van der Waals surface area contributed by atoms with Crippen molar-refractivity contribution in [1.82, 2.24) is 10.2 Å². The van der Waals surface area contributed by atoms with Gasteiger partial charge in [0.1, 0.15) is 5.82 Å². The van der Waals surface area contributed by atoms with Crippen molar-refractivity contribution in [1.29, 1.82) is 0 Å². The molecule has 0 unspecified atom stereocenters. The largest absolute Gasteiger partial charge is 0.421 e. The lowest BCUT2D eigenvalue weighted by atomic mass is 10.2. The van der Waals surface area contributed by atoms with Gasteiger partial charge >= 0.3 is 0 Å². The summed E-state index contributed by atoms with van der Waals surface area (Å²) in [6.07, 6.45) is 1.20. The van der Waals surface area contributed by atoms with Gasteiger partial charge in [0.15, 0.2) is 0 Å². The topological polar surface area (TPSA) is 108 Å². The van der Waals surface area contributed by atoms with Gasteiger partial charge < -0.3 is 10.2 Å². The van der Waals surface area contributed by atoms with Crippen LogP contribution < -0.4 is 5.73 Å². The van der Waals surface area contributed by atoms with E-state index in [1.807, 2.05) is 0 Å². The van der Waals surface area contributed by atoms with E-state index in [1.165, 1.54) is 6.07 Å². The van der Waals surface area contributed by atoms with Gasteiger partial charge in [0, 0.05) is 18.1 Å². The Balaban J connectivity index is 2.30. The molecule has 7 nitrogen and oxygen atoms in total. The molecule has 2 rings (SSSR count). The Kier molecular flexibility index (Phi) is 3.81. The zero-order valence-corrected chi connectivity index (χ0v) is 9.88. The third kappa shape index (κ3) is 3.10. The summed E-state index contributed by atoms with van der Waals surface area (Å²) in [5.74, 6) is -0.312. The van der Waals surface area contributed by atoms with Crippen LogP contribution in [0.15, 0.2) is 22.6 Å². The highest BCUT2D eigenvalue weighted by Crippen LogP contribution is 2.24. The molecule has 0 saturated carbocycles. The molecule has 2 N–H and O–H groups in total. The third-order valence-electron chi connectivity index (χ3n) is 2.40. The molecule has 0 radical (unpaired) electrons. The van der Waals surface area contributed by atoms with E-state index in [2.05, 4.69) is 10.2 Å². The second kappa shape index (κ2) is 5.53. The molecule has 0 aliphatic carbocycles. The number of nitrogens with zero attached hydrogens (tertiary/aromatic N) is 3. The van der Waals surface area contributed by atoms with Crippen LogP contribution in [-0.4, -0.2) is 21.7 Å². The Morgan fingerprint density at radius 2 is 2.16 bits per heavy atom. The first kappa shape index (κ1) is 13.1. The van der Waals surface area contributed by atoms with Gasteiger partial charge in [-0.2, -0.15) is 0 Å². The number of hydrogen-bond donors (Lipinski definition) is 1. The van der Waals surface area contributed by atoms with E-state index in [4.69, 9.17) is 10.2 Å². The number of aromatic nitrogens is 2. The summed E-state index contributed by atoms with van der Waals surface area (Å²) in [6.45, 7) is 0.489. The van der Waals surface area contributed by atoms with Gasteiger partial charge in [0.05, 0.1) is 11.0 Å². The number of nitro groups is 1. The second-order valence-corrected chi connectivity index (χ2v) is 3.85. The van der Waals surface area contributed by atoms with Crippen LogP contribution in [0.25, 0.3) is 11.5 Å². The zero-order valence-electron chi connectivity index (χ0n) is 9.88. The Morgan fingerprint density at radius 3 is 2.84 bits per heavy atom. The van der Waals surface area contributed by atoms with Crippen molar-refractivity contribution in [3.63, 3.8) is 0 Å². The molecule has 0 saturated heterocycles. The first-order chi connectivity index (χ1) is 9.10. The molecule has 19 heavy (non-hydrogen) atoms. The Morgan fingerprint density at radius 1 is 1.37 bits per heavy atom. The molecular formula is C11H11FN4O3. The Hall–Kier alpha value is -2.35. The number of aryl methyl sites for hydroxylation is 1. The van der Waals surface area contributed by atoms with Gasteiger partial charge in [-0.3, -0.25) is 10.1 Å². The summed E-state index contributed by atoms with van der Waals surface area (Å²) in [4.78, 5) is 9.96. The minimum Gasteiger partial charge on any atom is -0.421 e. The second-order valence-electron chi connectivity index (χ2n) is 3.85. The van der Waals surface area contributed by atoms with Crippen molar-refractivity contribution < 1.29 is 13.7 Å². The Bertz CT molecular complexity index is 599. The lowest BCUT2D eigenvalue weighted by molar-refractivity contribution is -0.385. The van der Waals surface area contributed by atoms with E-state index in [-0.39, 0.29) is 17.1 Å². The lowest BCUT2D eigenvalue weighted by Crippen LogP contribution is -2.00. The molecule has 100 valence electrons. The average Bonchev–Trinajstić information content (AvgIpc) is 2.84. The quantitative estimate of drug-likeness (QED) is 0.651. The number of halogens is 1. The van der Waals surface area contributed by atoms with E-state index in [0.29, 0.717) is 25.3 Å². The highest BCUT2D eigenvalue weighted by atomic mass is 19.1. The standard InChI is InChI=1S/C11H11FN4O3/c12-8-4-7(5-9(6-8)16(17)18)11-15-14-10(19-11)2-1-3-13/h4-6H,1-3,13H2. The summed E-state index contributed by atoms with van der Waals surface area (Å²) in [6, 6.07) is 3.12. The first-order valence-electron chi connectivity index (χ1n) is 5.58. The fourth-order valence-electron chi connectivity index (χ4n) is 1.53. The summed E-state index contributed by atoms with van der Waals surface area (Å²) in [7, 11) is 0. The number of nitrogens with two attached hydrogens (primary N) is 1. The summed E-state index contributed by atoms with van der Waals surface area (Å²) < 4.78 is 18.6. The summed E-state index contributed by atoms with van der Waals surface area (Å²) in [5.41, 5.74) is 5.17. The minimum absolute atomic E-state index is 0.0506. The number of rotatable bonds is 5. The molecule has 0 atom stereocenters. The van der Waals surface area contributed by atoms with Crippen LogP contribution in [0.4, 0.5) is 10.1 Å². The monoisotopic (exact) mass is 266 g/mol. The van der Waals surface area contributed by atoms with E-state index < -0.39 is 10.7 Å². The normalized spacial score (nSPS) is 10.6. The highest BCUT2D eigenvalue weighted by molar-refractivity contribution is 5.57. The van der Waals surface area contributed by atoms with Crippen LogP contribution in [0.5, 0.6) is 0 Å². The summed E-state index contributed by atoms with van der Waals surface area (Å²) in [5, 5.41) is 18.1. The van der Waals surface area contributed by atoms with Gasteiger partial charge in [-0.1, -0.05) is 0 Å². The van der Waals surface area contributed by atoms with Gasteiger partial charge in [0.2, 0.25) is 11.8 Å². The molecule has 0 amide bonds. The first-order valence-corrected chi connectivity index (χ1v) is 5.58. The number of hydrogen-bond acceptors (Lipinski definition) is 6. The van der Waals surface area contributed by atoms with Crippen molar-refractivity contribution in [3.8, 4) is 11.5 Å². The van der Waals surface area contributed by atoms with E-state index in [9.17, 15) is 14.5 Å². The van der Waals surface area contributed by atoms with Crippen LogP contribution >= 0.6 is 0 Å². The maximum atomic E-state index is 13.3. The van der Waals surface area contributed by atoms with Gasteiger partial charge in [-0.25, -0.2) is 4.39 Å². The molecule has 1 aromatic carbocycles. The molecule has 0 fully saturated rings. The maximum Gasteiger partial charge on any atom is 0.273 e. The predicted octanol–water partition coefficient (Wildman–Crippen LogP) is 1.68. The van der Waals surface area contributed by atoms with Crippen molar-refractivity contribution in [3.05, 3.63) is 40.0 Å². The molecule has 1 heterocycles. The zero-order chi connectivity index (χ0) is 13.8. The lowest BCUT2D eigenvalue weighted by Gasteiger charge is -1.96. The molecular weight excluding hydrogens is 255 g/mol. The van der Waals surface area contributed by atoms with Crippen LogP contribution in [0, 0.1) is 15.9 Å². The van der Waals surface area contributed by atoms with Gasteiger partial charge in [0.25, 0.3) is 5.69 Å². The molecule has 0 aliphatic heterocycles. The predicted molar refractivity (Wildman–Crippen MR) is 63.7 cm³/mol. The van der Waals surface area contributed by atoms with Crippen molar-refractivity contribution in [2.24, 2.45) is 5.73 Å². The van der Waals surface area contributed by atoms with Crippen molar-refractivity contribution in [2.45, 2.75) is 12.8 Å². The smallest absolute Gasteiger partial charge is 0.273 e. The Labute approximate surface area is 107 Å². The summed E-state index contributed by atoms with van der Waals surface area (Å²) >= 11 is 0. The van der Waals surface area contributed by atoms with Crippen LogP contribution in [-0.2, 0) is 6.42 Å². The van der Waals surface area contributed by atoms with E-state index in [1.54, 1.807) is 0 Å². The SMILES string of the molecule is NCCCc1nnc(-c2cc(F)cc([N+](=O)[O-])c2)o1. The number of nitro benzene ring substituents is 1. The fourth-order valence-corrected chi connectivity index (χ4v) is 1.53. The number of benzene rings is 1. The van der Waals surface area contributed by atoms with E-state index >= 15 is 0 Å². The molecule has 0 bridgehead atoms. The van der Waals surface area contributed by atoms with Crippen molar-refractivity contribution in [2.75, 3.05) is 6.54 Å². The van der Waals surface area contributed by atoms with Crippen LogP contribution in [0.1, 0.15) is 12.3 Å².